The van der Waals surface area contributed by atoms with E-state index in [1.807, 2.05) is 6.07 Å². The fraction of sp³-hybridized carbons (Fsp3) is 0. The van der Waals surface area contributed by atoms with Crippen LogP contribution in [0.5, 0.6) is 11.6 Å². The predicted molar refractivity (Wildman–Crippen MR) is 60.2 cm³/mol. The maximum absolute atomic E-state index is 13.4. The Morgan fingerprint density at radius 2 is 2.21 bits per heavy atom. The number of carboxylic acid groups (broad SMARTS) is 1. The van der Waals surface area contributed by atoms with E-state index in [0.717, 1.165) is 6.07 Å². The summed E-state index contributed by atoms with van der Waals surface area (Å²) in [6, 6.07) is 6.72. The number of aromatic nitrogens is 2. The first-order valence-electron chi connectivity index (χ1n) is 5.05. The van der Waals surface area contributed by atoms with Crippen LogP contribution in [0.15, 0.2) is 30.5 Å². The summed E-state index contributed by atoms with van der Waals surface area (Å²) in [5.74, 6) is -2.84. The number of aromatic carboxylic acids is 1. The van der Waals surface area contributed by atoms with Crippen molar-refractivity contribution in [1.82, 2.24) is 10.2 Å². The fourth-order valence-corrected chi connectivity index (χ4v) is 1.38. The minimum atomic E-state index is -1.48. The second-order valence-electron chi connectivity index (χ2n) is 3.38. The summed E-state index contributed by atoms with van der Waals surface area (Å²) in [5.41, 5.74) is -0.562. The minimum absolute atomic E-state index is 0.0654. The molecule has 0 atom stereocenters. The maximum atomic E-state index is 13.4. The lowest BCUT2D eigenvalue weighted by atomic mass is 10.2. The smallest absolute Gasteiger partial charge is 0.342 e. The Kier molecular flexibility index (Phi) is 3.34. The van der Waals surface area contributed by atoms with Gasteiger partial charge in [-0.05, 0) is 18.2 Å². The number of rotatable bonds is 3. The number of ether oxygens (including phenoxy) is 1. The molecular formula is C12H6FN3O3. The molecule has 2 rings (SSSR count). The molecule has 1 aromatic carbocycles. The van der Waals surface area contributed by atoms with Crippen LogP contribution < -0.4 is 4.74 Å². The maximum Gasteiger partial charge on any atom is 0.342 e. The van der Waals surface area contributed by atoms with E-state index in [-0.39, 0.29) is 17.2 Å². The van der Waals surface area contributed by atoms with Crippen LogP contribution in [-0.4, -0.2) is 21.3 Å². The van der Waals surface area contributed by atoms with Gasteiger partial charge in [-0.3, -0.25) is 0 Å². The number of carboxylic acids is 1. The van der Waals surface area contributed by atoms with Gasteiger partial charge < -0.3 is 9.84 Å². The molecule has 1 heterocycles. The zero-order chi connectivity index (χ0) is 13.8. The molecule has 1 N–H and O–H groups in total. The lowest BCUT2D eigenvalue weighted by molar-refractivity contribution is 0.0689. The van der Waals surface area contributed by atoms with Crippen molar-refractivity contribution in [2.75, 3.05) is 0 Å². The van der Waals surface area contributed by atoms with Crippen LogP contribution in [0.3, 0.4) is 0 Å². The summed E-state index contributed by atoms with van der Waals surface area (Å²) in [4.78, 5) is 11.0. The molecule has 19 heavy (non-hydrogen) atoms. The molecule has 0 unspecified atom stereocenters. The predicted octanol–water partition coefficient (Wildman–Crippen LogP) is 1.98. The topological polar surface area (TPSA) is 96.1 Å². The first-order valence-corrected chi connectivity index (χ1v) is 5.05. The zero-order valence-corrected chi connectivity index (χ0v) is 9.37. The Hall–Kier alpha value is -3.01. The molecule has 0 saturated carbocycles. The third-order valence-electron chi connectivity index (χ3n) is 2.20. The molecular weight excluding hydrogens is 253 g/mol. The highest BCUT2D eigenvalue weighted by Gasteiger charge is 2.18. The zero-order valence-electron chi connectivity index (χ0n) is 9.37. The Labute approximate surface area is 106 Å². The number of benzene rings is 1. The second kappa shape index (κ2) is 5.10. The highest BCUT2D eigenvalue weighted by atomic mass is 19.1. The molecule has 0 aliphatic rings. The van der Waals surface area contributed by atoms with Crippen molar-refractivity contribution in [2.24, 2.45) is 0 Å². The Morgan fingerprint density at radius 1 is 1.42 bits per heavy atom. The molecule has 0 aliphatic carbocycles. The van der Waals surface area contributed by atoms with Crippen molar-refractivity contribution in [1.29, 1.82) is 5.26 Å². The Morgan fingerprint density at radius 3 is 2.89 bits per heavy atom. The van der Waals surface area contributed by atoms with Crippen molar-refractivity contribution >= 4 is 5.97 Å². The molecule has 0 aliphatic heterocycles. The van der Waals surface area contributed by atoms with Crippen LogP contribution >= 0.6 is 0 Å². The summed E-state index contributed by atoms with van der Waals surface area (Å²) < 4.78 is 18.6. The first-order chi connectivity index (χ1) is 9.13. The van der Waals surface area contributed by atoms with Gasteiger partial charge in [0.15, 0.2) is 0 Å². The third kappa shape index (κ3) is 2.47. The molecule has 0 spiro atoms. The van der Waals surface area contributed by atoms with E-state index < -0.39 is 17.3 Å². The quantitative estimate of drug-likeness (QED) is 0.905. The average molecular weight is 259 g/mol. The minimum Gasteiger partial charge on any atom is -0.477 e. The lowest BCUT2D eigenvalue weighted by Crippen LogP contribution is -2.04. The fourth-order valence-electron chi connectivity index (χ4n) is 1.38. The standard InChI is InChI=1S/C12H6FN3O3/c13-8-2-1-3-9(10(8)12(17)18)19-11-7(6-14)4-5-15-16-11/h1-5H,(H,17,18). The van der Waals surface area contributed by atoms with Gasteiger partial charge in [-0.15, -0.1) is 5.10 Å². The van der Waals surface area contributed by atoms with Crippen molar-refractivity contribution < 1.29 is 19.0 Å². The van der Waals surface area contributed by atoms with E-state index in [2.05, 4.69) is 10.2 Å². The van der Waals surface area contributed by atoms with Gasteiger partial charge in [-0.1, -0.05) is 6.07 Å². The Bertz CT molecular complexity index is 682. The first kappa shape index (κ1) is 12.4. The van der Waals surface area contributed by atoms with Gasteiger partial charge in [-0.25, -0.2) is 9.18 Å². The molecule has 7 heteroatoms. The molecule has 0 saturated heterocycles. The number of hydrogen-bond acceptors (Lipinski definition) is 5. The van der Waals surface area contributed by atoms with Gasteiger partial charge in [0, 0.05) is 0 Å². The van der Waals surface area contributed by atoms with Crippen LogP contribution in [0.4, 0.5) is 4.39 Å². The molecule has 2 aromatic rings. The van der Waals surface area contributed by atoms with Crippen LogP contribution in [0.25, 0.3) is 0 Å². The van der Waals surface area contributed by atoms with Crippen molar-refractivity contribution in [3.05, 3.63) is 47.4 Å². The molecule has 94 valence electrons. The van der Waals surface area contributed by atoms with Crippen LogP contribution in [-0.2, 0) is 0 Å². The molecule has 0 amide bonds. The number of hydrogen-bond donors (Lipinski definition) is 1. The van der Waals surface area contributed by atoms with Gasteiger partial charge in [-0.2, -0.15) is 10.4 Å². The number of nitrogens with zero attached hydrogens (tertiary/aromatic N) is 3. The highest BCUT2D eigenvalue weighted by Crippen LogP contribution is 2.27. The average Bonchev–Trinajstić information content (AvgIpc) is 2.39. The van der Waals surface area contributed by atoms with Gasteiger partial charge >= 0.3 is 5.97 Å². The normalized spacial score (nSPS) is 9.68. The summed E-state index contributed by atoms with van der Waals surface area (Å²) in [5, 5.41) is 24.9. The van der Waals surface area contributed by atoms with Crippen molar-refractivity contribution in [3.8, 4) is 17.7 Å². The summed E-state index contributed by atoms with van der Waals surface area (Å²) in [7, 11) is 0. The van der Waals surface area contributed by atoms with Crippen LogP contribution in [0.1, 0.15) is 15.9 Å². The molecule has 1 aromatic heterocycles. The Balaban J connectivity index is 2.48. The molecule has 0 bridgehead atoms. The SMILES string of the molecule is N#Cc1ccnnc1Oc1cccc(F)c1C(=O)O. The summed E-state index contributed by atoms with van der Waals surface area (Å²) in [6.45, 7) is 0. The number of carbonyl (C=O) groups is 1. The van der Waals surface area contributed by atoms with Gasteiger partial charge in [0.05, 0.1) is 6.20 Å². The van der Waals surface area contributed by atoms with Gasteiger partial charge in [0.2, 0.25) is 0 Å². The highest BCUT2D eigenvalue weighted by molar-refractivity contribution is 5.91. The molecule has 6 nitrogen and oxygen atoms in total. The van der Waals surface area contributed by atoms with E-state index in [1.54, 1.807) is 0 Å². The molecule has 0 radical (unpaired) electrons. The van der Waals surface area contributed by atoms with E-state index in [1.165, 1.54) is 24.4 Å². The van der Waals surface area contributed by atoms with Crippen LogP contribution in [0.2, 0.25) is 0 Å². The van der Waals surface area contributed by atoms with Gasteiger partial charge in [0.1, 0.15) is 28.8 Å². The summed E-state index contributed by atoms with van der Waals surface area (Å²) >= 11 is 0. The number of nitriles is 1. The lowest BCUT2D eigenvalue weighted by Gasteiger charge is -2.08. The van der Waals surface area contributed by atoms with E-state index in [9.17, 15) is 9.18 Å². The van der Waals surface area contributed by atoms with E-state index >= 15 is 0 Å². The molecule has 0 fully saturated rings. The third-order valence-corrected chi connectivity index (χ3v) is 2.20. The van der Waals surface area contributed by atoms with Gasteiger partial charge in [0.25, 0.3) is 5.88 Å². The summed E-state index contributed by atoms with van der Waals surface area (Å²) in [6.07, 6.45) is 1.29. The van der Waals surface area contributed by atoms with Crippen molar-refractivity contribution in [3.63, 3.8) is 0 Å². The van der Waals surface area contributed by atoms with Crippen molar-refractivity contribution in [2.45, 2.75) is 0 Å². The monoisotopic (exact) mass is 259 g/mol. The van der Waals surface area contributed by atoms with E-state index in [4.69, 9.17) is 15.1 Å². The van der Waals surface area contributed by atoms with Crippen LogP contribution in [0, 0.1) is 17.1 Å². The number of halogens is 1. The van der Waals surface area contributed by atoms with E-state index in [0.29, 0.717) is 0 Å². The largest absolute Gasteiger partial charge is 0.477 e. The second-order valence-corrected chi connectivity index (χ2v) is 3.38.